The summed E-state index contributed by atoms with van der Waals surface area (Å²) in [5, 5.41) is 0.977. The molecule has 1 atom stereocenters. The van der Waals surface area contributed by atoms with Gasteiger partial charge in [0, 0.05) is 0 Å². The van der Waals surface area contributed by atoms with Gasteiger partial charge in [-0.2, -0.15) is 13.2 Å². The van der Waals surface area contributed by atoms with Gasteiger partial charge in [-0.05, 0) is 23.1 Å². The lowest BCUT2D eigenvalue weighted by atomic mass is 9.87. The van der Waals surface area contributed by atoms with Crippen LogP contribution in [0.1, 0.15) is 32.8 Å². The van der Waals surface area contributed by atoms with Crippen LogP contribution >= 0.6 is 0 Å². The lowest BCUT2D eigenvalue weighted by molar-refractivity contribution is -0.153. The van der Waals surface area contributed by atoms with Gasteiger partial charge in [-0.1, -0.05) is 32.9 Å². The number of hydrogen-bond donors (Lipinski definition) is 1. The van der Waals surface area contributed by atoms with Crippen LogP contribution < -0.4 is 10.4 Å². The summed E-state index contributed by atoms with van der Waals surface area (Å²) in [5.74, 6) is -0.573. The molecule has 1 unspecified atom stereocenters. The van der Waals surface area contributed by atoms with Gasteiger partial charge in [0.2, 0.25) is 5.91 Å². The largest absolute Gasteiger partial charge is 0.406 e. The fourth-order valence-electron chi connectivity index (χ4n) is 2.06. The maximum atomic E-state index is 12.6. The van der Waals surface area contributed by atoms with Gasteiger partial charge in [0.05, 0.1) is 12.1 Å². The van der Waals surface area contributed by atoms with Crippen LogP contribution in [0.2, 0.25) is 0 Å². The molecule has 6 heteroatoms. The van der Waals surface area contributed by atoms with Gasteiger partial charge < -0.3 is 0 Å². The van der Waals surface area contributed by atoms with Gasteiger partial charge in [-0.15, -0.1) is 0 Å². The Morgan fingerprint density at radius 3 is 2.10 bits per heavy atom. The van der Waals surface area contributed by atoms with Crippen molar-refractivity contribution in [3.05, 3.63) is 29.8 Å². The number of amides is 1. The first-order valence-electron chi connectivity index (χ1n) is 6.35. The molecule has 1 N–H and O–H groups in total. The van der Waals surface area contributed by atoms with Crippen molar-refractivity contribution in [2.45, 2.75) is 44.8 Å². The molecule has 0 saturated carbocycles. The second-order valence-corrected chi connectivity index (χ2v) is 5.95. The highest BCUT2D eigenvalue weighted by Gasteiger charge is 2.47. The van der Waals surface area contributed by atoms with Crippen molar-refractivity contribution in [1.29, 1.82) is 0 Å². The van der Waals surface area contributed by atoms with Crippen LogP contribution in [-0.2, 0) is 10.2 Å². The highest BCUT2D eigenvalue weighted by Crippen LogP contribution is 2.30. The lowest BCUT2D eigenvalue weighted by Crippen LogP contribution is -2.44. The first kappa shape index (κ1) is 14.8. The van der Waals surface area contributed by atoms with E-state index in [9.17, 15) is 18.0 Å². The zero-order valence-corrected chi connectivity index (χ0v) is 11.6. The normalized spacial score (nSPS) is 20.6. The quantitative estimate of drug-likeness (QED) is 0.860. The molecule has 1 aliphatic rings. The highest BCUT2D eigenvalue weighted by atomic mass is 19.4. The van der Waals surface area contributed by atoms with Gasteiger partial charge in [-0.25, -0.2) is 10.4 Å². The number of carbonyl (C=O) groups excluding carboxylic acids is 1. The summed E-state index contributed by atoms with van der Waals surface area (Å²) < 4.78 is 37.8. The minimum atomic E-state index is -4.42. The SMILES string of the molecule is CC(C)(C)c1ccc(N2NC(C(F)(F)F)CC2=O)cc1. The minimum absolute atomic E-state index is 0.0461. The molecule has 0 bridgehead atoms. The third kappa shape index (κ3) is 2.95. The Balaban J connectivity index is 2.19. The molecular formula is C14H17F3N2O. The molecule has 1 fully saturated rings. The summed E-state index contributed by atoms with van der Waals surface area (Å²) in [7, 11) is 0. The number of nitrogens with zero attached hydrogens (tertiary/aromatic N) is 1. The number of benzene rings is 1. The van der Waals surface area contributed by atoms with Gasteiger partial charge in [0.25, 0.3) is 0 Å². The molecule has 1 amide bonds. The van der Waals surface area contributed by atoms with Crippen LogP contribution in [0.5, 0.6) is 0 Å². The van der Waals surface area contributed by atoms with Gasteiger partial charge in [0.1, 0.15) is 6.04 Å². The molecule has 1 heterocycles. The van der Waals surface area contributed by atoms with E-state index in [1.165, 1.54) is 0 Å². The van der Waals surface area contributed by atoms with E-state index in [-0.39, 0.29) is 5.41 Å². The summed E-state index contributed by atoms with van der Waals surface area (Å²) >= 11 is 0. The average Bonchev–Trinajstić information content (AvgIpc) is 2.70. The first-order valence-corrected chi connectivity index (χ1v) is 6.35. The van der Waals surface area contributed by atoms with Crippen molar-refractivity contribution in [2.75, 3.05) is 5.01 Å². The number of anilines is 1. The van der Waals surface area contributed by atoms with E-state index in [0.29, 0.717) is 5.69 Å². The number of hydrazine groups is 1. The van der Waals surface area contributed by atoms with Crippen LogP contribution in [0.15, 0.2) is 24.3 Å². The third-order valence-electron chi connectivity index (χ3n) is 3.30. The van der Waals surface area contributed by atoms with Crippen LogP contribution in [0, 0.1) is 0 Å². The summed E-state index contributed by atoms with van der Waals surface area (Å²) in [6.45, 7) is 6.13. The first-order chi connectivity index (χ1) is 9.09. The molecule has 1 aliphatic heterocycles. The molecule has 0 aromatic heterocycles. The van der Waals surface area contributed by atoms with E-state index in [2.05, 4.69) is 5.43 Å². The molecule has 20 heavy (non-hydrogen) atoms. The van der Waals surface area contributed by atoms with Crippen molar-refractivity contribution in [3.8, 4) is 0 Å². The number of alkyl halides is 3. The Hall–Kier alpha value is -1.56. The summed E-state index contributed by atoms with van der Waals surface area (Å²) in [6, 6.07) is 5.16. The third-order valence-corrected chi connectivity index (χ3v) is 3.30. The van der Waals surface area contributed by atoms with E-state index in [4.69, 9.17) is 0 Å². The van der Waals surface area contributed by atoms with Gasteiger partial charge in [-0.3, -0.25) is 4.79 Å². The van der Waals surface area contributed by atoms with E-state index >= 15 is 0 Å². The van der Waals surface area contributed by atoms with E-state index in [0.717, 1.165) is 10.6 Å². The van der Waals surface area contributed by atoms with Gasteiger partial charge in [0.15, 0.2) is 0 Å². The molecule has 0 radical (unpaired) electrons. The average molecular weight is 286 g/mol. The molecule has 1 aromatic rings. The van der Waals surface area contributed by atoms with Crippen molar-refractivity contribution >= 4 is 11.6 Å². The standard InChI is InChI=1S/C14H17F3N2O/c1-13(2,3)9-4-6-10(7-5-9)19-12(20)8-11(18-19)14(15,16)17/h4-7,11,18H,8H2,1-3H3. The lowest BCUT2D eigenvalue weighted by Gasteiger charge is -2.22. The zero-order valence-electron chi connectivity index (χ0n) is 11.6. The Morgan fingerprint density at radius 1 is 1.15 bits per heavy atom. The predicted molar refractivity (Wildman–Crippen MR) is 70.2 cm³/mol. The number of carbonyl (C=O) groups is 1. The summed E-state index contributed by atoms with van der Waals surface area (Å²) in [5.41, 5.74) is 3.65. The summed E-state index contributed by atoms with van der Waals surface area (Å²) in [4.78, 5) is 11.7. The van der Waals surface area contributed by atoms with E-state index in [1.54, 1.807) is 12.1 Å². The van der Waals surface area contributed by atoms with Crippen LogP contribution in [0.4, 0.5) is 18.9 Å². The topological polar surface area (TPSA) is 32.3 Å². The Labute approximate surface area is 115 Å². The van der Waals surface area contributed by atoms with E-state index in [1.807, 2.05) is 32.9 Å². The molecule has 1 aromatic carbocycles. The molecule has 2 rings (SSSR count). The number of rotatable bonds is 1. The predicted octanol–water partition coefficient (Wildman–Crippen LogP) is 3.16. The Kier molecular flexibility index (Phi) is 3.54. The molecule has 1 saturated heterocycles. The second kappa shape index (κ2) is 4.77. The molecule has 0 aliphatic carbocycles. The fourth-order valence-corrected chi connectivity index (χ4v) is 2.06. The maximum absolute atomic E-state index is 12.6. The van der Waals surface area contributed by atoms with Crippen molar-refractivity contribution in [2.24, 2.45) is 0 Å². The highest BCUT2D eigenvalue weighted by molar-refractivity contribution is 5.95. The molecule has 0 spiro atoms. The van der Waals surface area contributed by atoms with E-state index < -0.39 is 24.5 Å². The maximum Gasteiger partial charge on any atom is 0.406 e. The smallest absolute Gasteiger partial charge is 0.273 e. The number of nitrogens with one attached hydrogen (secondary N) is 1. The van der Waals surface area contributed by atoms with Crippen LogP contribution in [-0.4, -0.2) is 18.1 Å². The van der Waals surface area contributed by atoms with Crippen molar-refractivity contribution in [3.63, 3.8) is 0 Å². The number of hydrogen-bond acceptors (Lipinski definition) is 2. The van der Waals surface area contributed by atoms with Crippen LogP contribution in [0.3, 0.4) is 0 Å². The number of halogens is 3. The second-order valence-electron chi connectivity index (χ2n) is 5.95. The molecule has 3 nitrogen and oxygen atoms in total. The fraction of sp³-hybridized carbons (Fsp3) is 0.500. The minimum Gasteiger partial charge on any atom is -0.273 e. The Bertz CT molecular complexity index is 503. The zero-order chi connectivity index (χ0) is 15.1. The van der Waals surface area contributed by atoms with Crippen molar-refractivity contribution < 1.29 is 18.0 Å². The van der Waals surface area contributed by atoms with Gasteiger partial charge >= 0.3 is 6.18 Å². The monoisotopic (exact) mass is 286 g/mol. The molecule has 110 valence electrons. The van der Waals surface area contributed by atoms with Crippen molar-refractivity contribution in [1.82, 2.24) is 5.43 Å². The molecular weight excluding hydrogens is 269 g/mol. The van der Waals surface area contributed by atoms with Crippen LogP contribution in [0.25, 0.3) is 0 Å². The Morgan fingerprint density at radius 2 is 1.70 bits per heavy atom. The summed E-state index contributed by atoms with van der Waals surface area (Å²) in [6.07, 6.45) is -4.99.